The Balaban J connectivity index is 1.76. The van der Waals surface area contributed by atoms with Gasteiger partial charge in [0.1, 0.15) is 0 Å². The maximum absolute atomic E-state index is 12.5. The number of nitrogens with zero attached hydrogens (tertiary/aromatic N) is 3. The molecule has 8 heteroatoms. The van der Waals surface area contributed by atoms with Gasteiger partial charge in [0.05, 0.1) is 19.3 Å². The van der Waals surface area contributed by atoms with Crippen LogP contribution in [0.1, 0.15) is 33.0 Å². The Morgan fingerprint density at radius 3 is 3.13 bits per heavy atom. The number of ether oxygens (including phenoxy) is 1. The summed E-state index contributed by atoms with van der Waals surface area (Å²) in [5, 5.41) is 17.6. The molecular weight excluding hydrogens is 296 g/mol. The van der Waals surface area contributed by atoms with Gasteiger partial charge in [0.2, 0.25) is 0 Å². The number of rotatable bonds is 6. The number of H-pyrrole nitrogens is 1. The molecule has 23 heavy (non-hydrogen) atoms. The molecule has 0 saturated heterocycles. The molecule has 8 nitrogen and oxygen atoms in total. The molecule has 0 radical (unpaired) electrons. The fourth-order valence-electron chi connectivity index (χ4n) is 2.78. The van der Waals surface area contributed by atoms with Crippen LogP contribution < -0.4 is 10.6 Å². The van der Waals surface area contributed by atoms with Crippen molar-refractivity contribution in [3.63, 3.8) is 0 Å². The maximum atomic E-state index is 12.5. The Morgan fingerprint density at radius 1 is 1.52 bits per heavy atom. The predicted molar refractivity (Wildman–Crippen MR) is 84.0 cm³/mol. The van der Waals surface area contributed by atoms with Crippen LogP contribution >= 0.6 is 0 Å². The smallest absolute Gasteiger partial charge is 0.272 e. The minimum Gasteiger partial charge on any atom is -0.383 e. The highest BCUT2D eigenvalue weighted by atomic mass is 16.5. The van der Waals surface area contributed by atoms with E-state index < -0.39 is 0 Å². The number of hydrogen-bond donors (Lipinski definition) is 3. The number of fused-ring (bicyclic) bond motifs is 1. The van der Waals surface area contributed by atoms with E-state index >= 15 is 0 Å². The fraction of sp³-hybridized carbons (Fsp3) is 0.533. The third-order valence-corrected chi connectivity index (χ3v) is 4.10. The van der Waals surface area contributed by atoms with E-state index in [4.69, 9.17) is 4.74 Å². The van der Waals surface area contributed by atoms with Crippen LogP contribution in [0.3, 0.4) is 0 Å². The van der Waals surface area contributed by atoms with Crippen LogP contribution in [-0.4, -0.2) is 46.1 Å². The van der Waals surface area contributed by atoms with E-state index in [9.17, 15) is 4.79 Å². The van der Waals surface area contributed by atoms with Crippen molar-refractivity contribution in [3.8, 4) is 0 Å². The zero-order chi connectivity index (χ0) is 16.2. The summed E-state index contributed by atoms with van der Waals surface area (Å²) in [4.78, 5) is 12.5. The van der Waals surface area contributed by atoms with Crippen LogP contribution in [0, 0.1) is 6.92 Å². The molecule has 0 spiro atoms. The van der Waals surface area contributed by atoms with E-state index in [1.807, 2.05) is 11.6 Å². The first-order chi connectivity index (χ1) is 11.2. The molecule has 2 aromatic rings. The number of carbonyl (C=O) groups is 1. The lowest BCUT2D eigenvalue weighted by molar-refractivity contribution is 0.0943. The maximum Gasteiger partial charge on any atom is 0.272 e. The summed E-state index contributed by atoms with van der Waals surface area (Å²) in [6.45, 7) is 5.19. The standard InChI is InChI=1S/C15H22N6O2/c1-10-11(8-18-19-10)7-17-15(22)14-12-9-16-4-3-13(12)21(20-14)5-6-23-2/h8,16H,3-7,9H2,1-2H3,(H,17,22)(H,18,19). The highest BCUT2D eigenvalue weighted by molar-refractivity contribution is 5.94. The third-order valence-electron chi connectivity index (χ3n) is 4.10. The lowest BCUT2D eigenvalue weighted by atomic mass is 10.1. The Bertz CT molecular complexity index is 690. The second-order valence-electron chi connectivity index (χ2n) is 5.62. The highest BCUT2D eigenvalue weighted by Gasteiger charge is 2.24. The lowest BCUT2D eigenvalue weighted by Gasteiger charge is -2.15. The molecule has 3 heterocycles. The summed E-state index contributed by atoms with van der Waals surface area (Å²) >= 11 is 0. The Hall–Kier alpha value is -2.19. The summed E-state index contributed by atoms with van der Waals surface area (Å²) in [5.41, 5.74) is 4.56. The Kier molecular flexibility index (Phi) is 4.73. The largest absolute Gasteiger partial charge is 0.383 e. The topological polar surface area (TPSA) is 96.9 Å². The van der Waals surface area contributed by atoms with Gasteiger partial charge < -0.3 is 15.4 Å². The molecule has 0 atom stereocenters. The number of aryl methyl sites for hydroxylation is 1. The minimum absolute atomic E-state index is 0.151. The molecular formula is C15H22N6O2. The molecule has 124 valence electrons. The normalized spacial score (nSPS) is 13.8. The summed E-state index contributed by atoms with van der Waals surface area (Å²) in [7, 11) is 1.67. The first-order valence-electron chi connectivity index (χ1n) is 7.76. The first-order valence-corrected chi connectivity index (χ1v) is 7.76. The SMILES string of the molecule is COCCn1nc(C(=O)NCc2cn[nH]c2C)c2c1CCNC2. The van der Waals surface area contributed by atoms with Gasteiger partial charge in [0.25, 0.3) is 5.91 Å². The van der Waals surface area contributed by atoms with Gasteiger partial charge in [-0.25, -0.2) is 0 Å². The van der Waals surface area contributed by atoms with Gasteiger partial charge in [-0.3, -0.25) is 14.6 Å². The highest BCUT2D eigenvalue weighted by Crippen LogP contribution is 2.18. The zero-order valence-corrected chi connectivity index (χ0v) is 13.5. The number of amides is 1. The van der Waals surface area contributed by atoms with Gasteiger partial charge in [-0.15, -0.1) is 0 Å². The molecule has 0 aliphatic carbocycles. The quantitative estimate of drug-likeness (QED) is 0.704. The van der Waals surface area contributed by atoms with Gasteiger partial charge in [-0.1, -0.05) is 0 Å². The van der Waals surface area contributed by atoms with Crippen LogP contribution in [0.2, 0.25) is 0 Å². The molecule has 1 aliphatic heterocycles. The summed E-state index contributed by atoms with van der Waals surface area (Å²) in [5.74, 6) is -0.151. The van der Waals surface area contributed by atoms with Gasteiger partial charge in [0, 0.05) is 55.7 Å². The van der Waals surface area contributed by atoms with Crippen molar-refractivity contribution >= 4 is 5.91 Å². The van der Waals surface area contributed by atoms with Crippen molar-refractivity contribution in [2.75, 3.05) is 20.3 Å². The molecule has 2 aromatic heterocycles. The molecule has 1 amide bonds. The van der Waals surface area contributed by atoms with Crippen LogP contribution in [0.5, 0.6) is 0 Å². The third kappa shape index (κ3) is 3.27. The fourth-order valence-corrected chi connectivity index (χ4v) is 2.78. The van der Waals surface area contributed by atoms with E-state index in [0.29, 0.717) is 31.9 Å². The number of methoxy groups -OCH3 is 1. The monoisotopic (exact) mass is 318 g/mol. The van der Waals surface area contributed by atoms with Crippen molar-refractivity contribution in [2.24, 2.45) is 0 Å². The second-order valence-corrected chi connectivity index (χ2v) is 5.62. The molecule has 1 aliphatic rings. The molecule has 0 fully saturated rings. The Morgan fingerprint density at radius 2 is 2.39 bits per heavy atom. The molecule has 0 bridgehead atoms. The van der Waals surface area contributed by atoms with Crippen molar-refractivity contribution in [1.82, 2.24) is 30.6 Å². The molecule has 0 aromatic carbocycles. The van der Waals surface area contributed by atoms with Gasteiger partial charge in [-0.2, -0.15) is 10.2 Å². The van der Waals surface area contributed by atoms with E-state index in [-0.39, 0.29) is 5.91 Å². The summed E-state index contributed by atoms with van der Waals surface area (Å²) in [6.07, 6.45) is 2.60. The number of carbonyl (C=O) groups excluding carboxylic acids is 1. The van der Waals surface area contributed by atoms with Crippen LogP contribution in [0.4, 0.5) is 0 Å². The summed E-state index contributed by atoms with van der Waals surface area (Å²) < 4.78 is 7.03. The van der Waals surface area contributed by atoms with Crippen molar-refractivity contribution in [1.29, 1.82) is 0 Å². The molecule has 3 rings (SSSR count). The van der Waals surface area contributed by atoms with Crippen LogP contribution in [0.15, 0.2) is 6.20 Å². The van der Waals surface area contributed by atoms with Crippen molar-refractivity contribution in [3.05, 3.63) is 34.4 Å². The average Bonchev–Trinajstić information content (AvgIpc) is 3.14. The molecule has 0 unspecified atom stereocenters. The predicted octanol–water partition coefficient (Wildman–Crippen LogP) is 0.137. The molecule has 3 N–H and O–H groups in total. The van der Waals surface area contributed by atoms with Gasteiger partial charge in [-0.05, 0) is 6.92 Å². The van der Waals surface area contributed by atoms with Gasteiger partial charge >= 0.3 is 0 Å². The second kappa shape index (κ2) is 6.93. The number of aromatic nitrogens is 4. The Labute approximate surface area is 134 Å². The first kappa shape index (κ1) is 15.7. The van der Waals surface area contributed by atoms with E-state index in [0.717, 1.165) is 35.5 Å². The van der Waals surface area contributed by atoms with E-state index in [1.165, 1.54) is 0 Å². The lowest BCUT2D eigenvalue weighted by Crippen LogP contribution is -2.28. The zero-order valence-electron chi connectivity index (χ0n) is 13.5. The van der Waals surface area contributed by atoms with E-state index in [2.05, 4.69) is 25.9 Å². The number of aromatic amines is 1. The van der Waals surface area contributed by atoms with Gasteiger partial charge in [0.15, 0.2) is 5.69 Å². The molecule has 0 saturated carbocycles. The van der Waals surface area contributed by atoms with Crippen LogP contribution in [0.25, 0.3) is 0 Å². The number of hydrogen-bond acceptors (Lipinski definition) is 5. The number of nitrogens with one attached hydrogen (secondary N) is 3. The van der Waals surface area contributed by atoms with Crippen LogP contribution in [-0.2, 0) is 30.8 Å². The van der Waals surface area contributed by atoms with Crippen molar-refractivity contribution in [2.45, 2.75) is 33.0 Å². The average molecular weight is 318 g/mol. The van der Waals surface area contributed by atoms with Crippen molar-refractivity contribution < 1.29 is 9.53 Å². The minimum atomic E-state index is -0.151. The van der Waals surface area contributed by atoms with E-state index in [1.54, 1.807) is 13.3 Å². The summed E-state index contributed by atoms with van der Waals surface area (Å²) in [6, 6.07) is 0.